The van der Waals surface area contributed by atoms with Crippen molar-refractivity contribution in [2.45, 2.75) is 25.4 Å². The number of carbonyl (C=O) groups excluding carboxylic acids is 1. The fraction of sp³-hybridized carbons (Fsp3) is 0.417. The molecule has 0 fully saturated rings. The van der Waals surface area contributed by atoms with E-state index in [9.17, 15) is 18.0 Å². The van der Waals surface area contributed by atoms with E-state index in [-0.39, 0.29) is 12.5 Å². The third kappa shape index (κ3) is 2.43. The van der Waals surface area contributed by atoms with Crippen molar-refractivity contribution >= 4 is 11.6 Å². The van der Waals surface area contributed by atoms with Crippen molar-refractivity contribution in [3.05, 3.63) is 29.8 Å². The van der Waals surface area contributed by atoms with E-state index >= 15 is 0 Å². The van der Waals surface area contributed by atoms with Gasteiger partial charge in [0.1, 0.15) is 0 Å². The van der Waals surface area contributed by atoms with Crippen LogP contribution in [-0.4, -0.2) is 18.6 Å². The number of benzene rings is 1. The van der Waals surface area contributed by atoms with Crippen molar-refractivity contribution in [3.8, 4) is 0 Å². The molecule has 2 rings (SSSR count). The van der Waals surface area contributed by atoms with Gasteiger partial charge in [0.05, 0.1) is 6.42 Å². The van der Waals surface area contributed by atoms with Gasteiger partial charge in [-0.3, -0.25) is 4.79 Å². The highest BCUT2D eigenvalue weighted by molar-refractivity contribution is 5.94. The summed E-state index contributed by atoms with van der Waals surface area (Å²) in [6, 6.07) is 6.78. The Morgan fingerprint density at radius 2 is 2.06 bits per heavy atom. The third-order valence-electron chi connectivity index (χ3n) is 2.93. The first-order valence-electron chi connectivity index (χ1n) is 5.32. The van der Waals surface area contributed by atoms with Crippen LogP contribution in [0, 0.1) is 0 Å². The van der Waals surface area contributed by atoms with E-state index in [1.165, 1.54) is 11.8 Å². The van der Waals surface area contributed by atoms with Crippen LogP contribution in [-0.2, 0) is 4.79 Å². The molecule has 0 bridgehead atoms. The summed E-state index contributed by atoms with van der Waals surface area (Å²) < 4.78 is 37.3. The predicted molar refractivity (Wildman–Crippen MR) is 57.9 cm³/mol. The number of hydrogen-bond acceptors (Lipinski definition) is 1. The quantitative estimate of drug-likeness (QED) is 0.742. The van der Waals surface area contributed by atoms with Crippen LogP contribution in [0.4, 0.5) is 18.9 Å². The van der Waals surface area contributed by atoms with Crippen LogP contribution >= 0.6 is 0 Å². The van der Waals surface area contributed by atoms with Gasteiger partial charge in [0, 0.05) is 25.1 Å². The molecule has 1 aliphatic heterocycles. The van der Waals surface area contributed by atoms with Gasteiger partial charge in [-0.25, -0.2) is 0 Å². The Bertz CT molecular complexity index is 442. The lowest BCUT2D eigenvalue weighted by Crippen LogP contribution is -2.28. The Morgan fingerprint density at radius 1 is 1.41 bits per heavy atom. The molecule has 0 radical (unpaired) electrons. The number of anilines is 1. The number of hydrogen-bond donors (Lipinski definition) is 0. The van der Waals surface area contributed by atoms with Gasteiger partial charge in [-0.2, -0.15) is 13.2 Å². The largest absolute Gasteiger partial charge is 0.389 e. The van der Waals surface area contributed by atoms with E-state index < -0.39 is 18.5 Å². The molecule has 1 heterocycles. The summed E-state index contributed by atoms with van der Waals surface area (Å²) >= 11 is 0. The minimum absolute atomic E-state index is 0.119. The minimum Gasteiger partial charge on any atom is -0.312 e. The highest BCUT2D eigenvalue weighted by Gasteiger charge is 2.38. The van der Waals surface area contributed by atoms with Crippen LogP contribution in [0.5, 0.6) is 0 Å². The fourth-order valence-corrected chi connectivity index (χ4v) is 2.25. The van der Waals surface area contributed by atoms with Gasteiger partial charge in [0.25, 0.3) is 0 Å². The standard InChI is InChI=1S/C12H12F3NO/c1-8(17)16-7-9(6-12(13,14)15)10-4-2-3-5-11(10)16/h2-5,9H,6-7H2,1H3/t9-/m0/s1. The number of rotatable bonds is 1. The second-order valence-corrected chi connectivity index (χ2v) is 4.20. The van der Waals surface area contributed by atoms with Gasteiger partial charge in [-0.1, -0.05) is 18.2 Å². The number of alkyl halides is 3. The van der Waals surface area contributed by atoms with Crippen LogP contribution in [0.15, 0.2) is 24.3 Å². The van der Waals surface area contributed by atoms with Crippen LogP contribution < -0.4 is 4.90 Å². The fourth-order valence-electron chi connectivity index (χ4n) is 2.25. The highest BCUT2D eigenvalue weighted by atomic mass is 19.4. The smallest absolute Gasteiger partial charge is 0.312 e. The minimum atomic E-state index is -4.20. The molecule has 1 aromatic rings. The predicted octanol–water partition coefficient (Wildman–Crippen LogP) is 3.09. The third-order valence-corrected chi connectivity index (χ3v) is 2.93. The number of carbonyl (C=O) groups is 1. The molecule has 0 saturated heterocycles. The average molecular weight is 243 g/mol. The number of amides is 1. The molecule has 1 aliphatic rings. The van der Waals surface area contributed by atoms with E-state index in [0.717, 1.165) is 0 Å². The van der Waals surface area contributed by atoms with Crippen molar-refractivity contribution < 1.29 is 18.0 Å². The molecule has 0 aliphatic carbocycles. The number of para-hydroxylation sites is 1. The number of halogens is 3. The molecule has 0 N–H and O–H groups in total. The monoisotopic (exact) mass is 243 g/mol. The molecular formula is C12H12F3NO. The van der Waals surface area contributed by atoms with E-state index in [0.29, 0.717) is 11.3 Å². The summed E-state index contributed by atoms with van der Waals surface area (Å²) in [5.74, 6) is -0.864. The zero-order valence-corrected chi connectivity index (χ0v) is 9.29. The molecule has 0 saturated carbocycles. The van der Waals surface area contributed by atoms with Gasteiger partial charge >= 0.3 is 6.18 Å². The van der Waals surface area contributed by atoms with Gasteiger partial charge in [0.2, 0.25) is 5.91 Å². The van der Waals surface area contributed by atoms with E-state index in [1.807, 2.05) is 0 Å². The Balaban J connectivity index is 2.32. The van der Waals surface area contributed by atoms with E-state index in [2.05, 4.69) is 0 Å². The van der Waals surface area contributed by atoms with Crippen molar-refractivity contribution in [2.24, 2.45) is 0 Å². The molecule has 5 heteroatoms. The van der Waals surface area contributed by atoms with Gasteiger partial charge < -0.3 is 4.90 Å². The summed E-state index contributed by atoms with van der Waals surface area (Å²) in [5.41, 5.74) is 1.22. The molecule has 92 valence electrons. The first-order valence-corrected chi connectivity index (χ1v) is 5.32. The Morgan fingerprint density at radius 3 is 2.65 bits per heavy atom. The van der Waals surface area contributed by atoms with Crippen molar-refractivity contribution in [1.82, 2.24) is 0 Å². The van der Waals surface area contributed by atoms with Crippen LogP contribution in [0.1, 0.15) is 24.8 Å². The molecule has 1 amide bonds. The molecule has 2 nitrogen and oxygen atoms in total. The second-order valence-electron chi connectivity index (χ2n) is 4.20. The van der Waals surface area contributed by atoms with Gasteiger partial charge in [-0.15, -0.1) is 0 Å². The zero-order chi connectivity index (χ0) is 12.6. The molecule has 0 unspecified atom stereocenters. The Labute approximate surface area is 97.0 Å². The molecular weight excluding hydrogens is 231 g/mol. The molecule has 0 aromatic heterocycles. The summed E-state index contributed by atoms with van der Waals surface area (Å²) in [6.45, 7) is 1.49. The topological polar surface area (TPSA) is 20.3 Å². The second kappa shape index (κ2) is 4.05. The lowest BCUT2D eigenvalue weighted by atomic mass is 9.98. The molecule has 0 spiro atoms. The first-order chi connectivity index (χ1) is 7.88. The van der Waals surface area contributed by atoms with Crippen LogP contribution in [0.3, 0.4) is 0 Å². The molecule has 17 heavy (non-hydrogen) atoms. The van der Waals surface area contributed by atoms with Gasteiger partial charge in [-0.05, 0) is 11.6 Å². The Kier molecular flexibility index (Phi) is 2.85. The van der Waals surface area contributed by atoms with Crippen molar-refractivity contribution in [2.75, 3.05) is 11.4 Å². The summed E-state index contributed by atoms with van der Waals surface area (Å²) in [4.78, 5) is 12.8. The molecule has 1 atom stereocenters. The first kappa shape index (κ1) is 12.0. The van der Waals surface area contributed by atoms with Crippen LogP contribution in [0.25, 0.3) is 0 Å². The maximum atomic E-state index is 12.4. The average Bonchev–Trinajstić information content (AvgIpc) is 2.55. The van der Waals surface area contributed by atoms with E-state index in [4.69, 9.17) is 0 Å². The lowest BCUT2D eigenvalue weighted by Gasteiger charge is -2.16. The van der Waals surface area contributed by atoms with Crippen molar-refractivity contribution in [1.29, 1.82) is 0 Å². The lowest BCUT2D eigenvalue weighted by molar-refractivity contribution is -0.138. The van der Waals surface area contributed by atoms with Crippen LogP contribution in [0.2, 0.25) is 0 Å². The van der Waals surface area contributed by atoms with Crippen molar-refractivity contribution in [3.63, 3.8) is 0 Å². The highest BCUT2D eigenvalue weighted by Crippen LogP contribution is 2.41. The number of nitrogens with zero attached hydrogens (tertiary/aromatic N) is 1. The zero-order valence-electron chi connectivity index (χ0n) is 9.29. The maximum Gasteiger partial charge on any atom is 0.389 e. The Hall–Kier alpha value is -1.52. The molecule has 1 aromatic carbocycles. The maximum absolute atomic E-state index is 12.4. The summed E-state index contributed by atoms with van der Waals surface area (Å²) in [7, 11) is 0. The normalized spacial score (nSPS) is 19.3. The SMILES string of the molecule is CC(=O)N1C[C@H](CC(F)(F)F)c2ccccc21. The summed E-state index contributed by atoms with van der Waals surface area (Å²) in [6.07, 6.45) is -5.08. The van der Waals surface area contributed by atoms with E-state index in [1.54, 1.807) is 24.3 Å². The van der Waals surface area contributed by atoms with Gasteiger partial charge in [0.15, 0.2) is 0 Å². The summed E-state index contributed by atoms with van der Waals surface area (Å²) in [5, 5.41) is 0. The number of fused-ring (bicyclic) bond motifs is 1.